The molecule has 1 fully saturated rings. The summed E-state index contributed by atoms with van der Waals surface area (Å²) in [7, 11) is 2.13. The molecule has 1 aromatic carbocycles. The second-order valence-corrected chi connectivity index (χ2v) is 6.77. The van der Waals surface area contributed by atoms with E-state index in [0.29, 0.717) is 11.6 Å². The number of hydrogen-bond donors (Lipinski definition) is 0. The van der Waals surface area contributed by atoms with Crippen LogP contribution in [0.25, 0.3) is 11.0 Å². The Balaban J connectivity index is 1.66. The fourth-order valence-corrected chi connectivity index (χ4v) is 3.43. The van der Waals surface area contributed by atoms with Gasteiger partial charge >= 0.3 is 5.63 Å². The summed E-state index contributed by atoms with van der Waals surface area (Å²) in [6, 6.07) is 8.19. The first-order valence-electron chi connectivity index (χ1n) is 8.56. The molecule has 0 unspecified atom stereocenters. The number of morpholine rings is 1. The number of hydrogen-bond acceptors (Lipinski definition) is 5. The molecular formula is C19H26N2O3. The van der Waals surface area contributed by atoms with E-state index in [1.165, 1.54) is 6.07 Å². The van der Waals surface area contributed by atoms with Gasteiger partial charge in [-0.3, -0.25) is 4.90 Å². The molecular weight excluding hydrogens is 304 g/mol. The Morgan fingerprint density at radius 2 is 2.00 bits per heavy atom. The normalized spacial score (nSPS) is 17.5. The van der Waals surface area contributed by atoms with Crippen molar-refractivity contribution in [2.75, 3.05) is 39.9 Å². The van der Waals surface area contributed by atoms with Crippen LogP contribution in [0.3, 0.4) is 0 Å². The van der Waals surface area contributed by atoms with Crippen molar-refractivity contribution in [1.82, 2.24) is 9.80 Å². The van der Waals surface area contributed by atoms with Crippen LogP contribution in [-0.4, -0.2) is 55.7 Å². The smallest absolute Gasteiger partial charge is 0.336 e. The molecule has 0 saturated carbocycles. The molecule has 0 bridgehead atoms. The molecule has 1 saturated heterocycles. The highest BCUT2D eigenvalue weighted by Crippen LogP contribution is 2.19. The van der Waals surface area contributed by atoms with Gasteiger partial charge < -0.3 is 14.1 Å². The summed E-state index contributed by atoms with van der Waals surface area (Å²) < 4.78 is 10.8. The molecule has 0 spiro atoms. The van der Waals surface area contributed by atoms with E-state index in [1.807, 2.05) is 19.1 Å². The minimum Gasteiger partial charge on any atom is -0.423 e. The molecule has 0 amide bonds. The zero-order valence-electron chi connectivity index (χ0n) is 14.7. The minimum absolute atomic E-state index is 0.286. The van der Waals surface area contributed by atoms with Crippen molar-refractivity contribution in [2.45, 2.75) is 26.4 Å². The van der Waals surface area contributed by atoms with Crippen LogP contribution in [0.15, 0.2) is 33.5 Å². The van der Waals surface area contributed by atoms with Gasteiger partial charge in [-0.25, -0.2) is 4.79 Å². The monoisotopic (exact) mass is 330 g/mol. The van der Waals surface area contributed by atoms with Gasteiger partial charge in [0.15, 0.2) is 0 Å². The van der Waals surface area contributed by atoms with E-state index < -0.39 is 0 Å². The third-order valence-corrected chi connectivity index (χ3v) is 4.71. The second-order valence-electron chi connectivity index (χ2n) is 6.77. The Labute approximate surface area is 142 Å². The molecule has 130 valence electrons. The largest absolute Gasteiger partial charge is 0.423 e. The van der Waals surface area contributed by atoms with E-state index in [4.69, 9.17) is 9.15 Å². The predicted octanol–water partition coefficient (Wildman–Crippen LogP) is 2.25. The summed E-state index contributed by atoms with van der Waals surface area (Å²) in [5.74, 6) is 0. The van der Waals surface area contributed by atoms with Gasteiger partial charge in [-0.2, -0.15) is 0 Å². The molecule has 2 aromatic rings. The van der Waals surface area contributed by atoms with Crippen LogP contribution in [0.2, 0.25) is 0 Å². The first-order chi connectivity index (χ1) is 11.5. The summed E-state index contributed by atoms with van der Waals surface area (Å²) in [5, 5.41) is 1.00. The Morgan fingerprint density at radius 3 is 2.75 bits per heavy atom. The number of ether oxygens (including phenoxy) is 1. The van der Waals surface area contributed by atoms with Crippen LogP contribution in [0.1, 0.15) is 18.1 Å². The first-order valence-corrected chi connectivity index (χ1v) is 8.56. The van der Waals surface area contributed by atoms with Crippen molar-refractivity contribution >= 4 is 11.0 Å². The maximum atomic E-state index is 11.6. The van der Waals surface area contributed by atoms with Crippen molar-refractivity contribution < 1.29 is 9.15 Å². The van der Waals surface area contributed by atoms with Gasteiger partial charge in [-0.05, 0) is 38.1 Å². The van der Waals surface area contributed by atoms with E-state index >= 15 is 0 Å². The van der Waals surface area contributed by atoms with Crippen molar-refractivity contribution in [3.63, 3.8) is 0 Å². The minimum atomic E-state index is -0.286. The Hall–Kier alpha value is -1.69. The standard InChI is InChI=1S/C19H26N2O3/c1-14-10-19(22)24-18-11-16(4-5-17(14)18)13-20(3)12-15(2)21-6-8-23-9-7-21/h4-5,10-11,15H,6-9,12-13H2,1-3H3/t15-/m0/s1. The Bertz CT molecular complexity index is 750. The van der Waals surface area contributed by atoms with Crippen molar-refractivity contribution in [3.8, 4) is 0 Å². The van der Waals surface area contributed by atoms with Crippen LogP contribution in [0.4, 0.5) is 0 Å². The summed E-state index contributed by atoms with van der Waals surface area (Å²) >= 11 is 0. The van der Waals surface area contributed by atoms with Crippen LogP contribution >= 0.6 is 0 Å². The van der Waals surface area contributed by atoms with Crippen molar-refractivity contribution in [1.29, 1.82) is 0 Å². The van der Waals surface area contributed by atoms with Crippen LogP contribution in [-0.2, 0) is 11.3 Å². The summed E-state index contributed by atoms with van der Waals surface area (Å²) in [5.41, 5.74) is 2.51. The highest BCUT2D eigenvalue weighted by Gasteiger charge is 2.18. The maximum Gasteiger partial charge on any atom is 0.336 e. The summed E-state index contributed by atoms with van der Waals surface area (Å²) in [6.07, 6.45) is 0. The zero-order valence-corrected chi connectivity index (χ0v) is 14.7. The van der Waals surface area contributed by atoms with Crippen molar-refractivity contribution in [2.24, 2.45) is 0 Å². The van der Waals surface area contributed by atoms with Gasteiger partial charge in [0.1, 0.15) is 5.58 Å². The van der Waals surface area contributed by atoms with E-state index in [1.54, 1.807) is 0 Å². The first kappa shape index (κ1) is 17.1. The van der Waals surface area contributed by atoms with Crippen LogP contribution in [0.5, 0.6) is 0 Å². The lowest BCUT2D eigenvalue weighted by Crippen LogP contribution is -2.46. The molecule has 1 aromatic heterocycles. The molecule has 1 aliphatic heterocycles. The van der Waals surface area contributed by atoms with Crippen LogP contribution < -0.4 is 5.63 Å². The molecule has 1 aliphatic rings. The fraction of sp³-hybridized carbons (Fsp3) is 0.526. The lowest BCUT2D eigenvalue weighted by Gasteiger charge is -2.34. The van der Waals surface area contributed by atoms with Crippen molar-refractivity contribution in [3.05, 3.63) is 45.8 Å². The molecule has 24 heavy (non-hydrogen) atoms. The van der Waals surface area contributed by atoms with Gasteiger partial charge in [-0.1, -0.05) is 12.1 Å². The van der Waals surface area contributed by atoms with E-state index in [9.17, 15) is 4.79 Å². The molecule has 0 radical (unpaired) electrons. The third kappa shape index (κ3) is 4.04. The van der Waals surface area contributed by atoms with Gasteiger partial charge in [0, 0.05) is 43.7 Å². The summed E-state index contributed by atoms with van der Waals surface area (Å²) in [6.45, 7) is 9.72. The topological polar surface area (TPSA) is 45.9 Å². The Morgan fingerprint density at radius 1 is 1.25 bits per heavy atom. The predicted molar refractivity (Wildman–Crippen MR) is 95.4 cm³/mol. The van der Waals surface area contributed by atoms with Gasteiger partial charge in [0.25, 0.3) is 0 Å². The fourth-order valence-electron chi connectivity index (χ4n) is 3.43. The quantitative estimate of drug-likeness (QED) is 0.787. The maximum absolute atomic E-state index is 11.6. The molecule has 0 N–H and O–H groups in total. The lowest BCUT2D eigenvalue weighted by molar-refractivity contribution is 0.0137. The van der Waals surface area contributed by atoms with E-state index in [0.717, 1.165) is 55.9 Å². The number of likely N-dealkylation sites (N-methyl/N-ethyl adjacent to an activating group) is 1. The van der Waals surface area contributed by atoms with Gasteiger partial charge in [0.05, 0.1) is 13.2 Å². The molecule has 3 rings (SSSR count). The average molecular weight is 330 g/mol. The SMILES string of the molecule is Cc1cc(=O)oc2cc(CN(C)C[C@H](C)N3CCOCC3)ccc12. The number of fused-ring (bicyclic) bond motifs is 1. The number of benzene rings is 1. The van der Waals surface area contributed by atoms with Gasteiger partial charge in [-0.15, -0.1) is 0 Å². The number of rotatable bonds is 5. The molecule has 5 heteroatoms. The second kappa shape index (κ2) is 7.47. The third-order valence-electron chi connectivity index (χ3n) is 4.71. The lowest BCUT2D eigenvalue weighted by atomic mass is 10.1. The molecule has 5 nitrogen and oxygen atoms in total. The summed E-state index contributed by atoms with van der Waals surface area (Å²) in [4.78, 5) is 16.4. The Kier molecular flexibility index (Phi) is 5.33. The number of nitrogens with zero attached hydrogens (tertiary/aromatic N) is 2. The highest BCUT2D eigenvalue weighted by atomic mass is 16.5. The van der Waals surface area contributed by atoms with Gasteiger partial charge in [0.2, 0.25) is 0 Å². The molecule has 0 aliphatic carbocycles. The van der Waals surface area contributed by atoms with Crippen LogP contribution in [0, 0.1) is 6.92 Å². The number of aryl methyl sites for hydroxylation is 1. The van der Waals surface area contributed by atoms with E-state index in [-0.39, 0.29) is 5.63 Å². The average Bonchev–Trinajstić information content (AvgIpc) is 2.55. The molecule has 1 atom stereocenters. The zero-order chi connectivity index (χ0) is 17.1. The highest BCUT2D eigenvalue weighted by molar-refractivity contribution is 5.80. The molecule has 2 heterocycles. The van der Waals surface area contributed by atoms with E-state index in [2.05, 4.69) is 29.8 Å².